The zero-order valence-electron chi connectivity index (χ0n) is 22.3. The summed E-state index contributed by atoms with van der Waals surface area (Å²) < 4.78 is 3.11. The Morgan fingerprint density at radius 1 is 0.526 bits per heavy atom. The van der Waals surface area contributed by atoms with E-state index in [4.69, 9.17) is 6.66 Å². The zero-order valence-corrected chi connectivity index (χ0v) is 24.1. The zero-order chi connectivity index (χ0) is 25.8. The van der Waals surface area contributed by atoms with Crippen molar-refractivity contribution < 1.29 is 0 Å². The van der Waals surface area contributed by atoms with Gasteiger partial charge in [0.05, 0.1) is 19.4 Å². The highest BCUT2D eigenvalue weighted by Crippen LogP contribution is 2.89. The second-order valence-corrected chi connectivity index (χ2v) is 16.8. The summed E-state index contributed by atoms with van der Waals surface area (Å²) in [6.45, 7) is 5.49. The molecule has 2 fully saturated rings. The Morgan fingerprint density at radius 3 is 1.34 bits per heavy atom. The summed E-state index contributed by atoms with van der Waals surface area (Å²) >= 11 is 0. The van der Waals surface area contributed by atoms with Gasteiger partial charge in [-0.25, -0.2) is 0 Å². The van der Waals surface area contributed by atoms with Crippen LogP contribution in [0, 0.1) is 6.66 Å². The van der Waals surface area contributed by atoms with Crippen molar-refractivity contribution in [2.75, 3.05) is 0 Å². The minimum absolute atomic E-state index is 0.494. The second-order valence-electron chi connectivity index (χ2n) is 10.9. The fourth-order valence-corrected chi connectivity index (χ4v) is 16.3. The van der Waals surface area contributed by atoms with Gasteiger partial charge in [-0.15, -0.1) is 0 Å². The van der Waals surface area contributed by atoms with E-state index < -0.39 is 15.5 Å². The van der Waals surface area contributed by atoms with Crippen LogP contribution in [-0.2, 0) is 0 Å². The molecule has 2 aliphatic rings. The van der Waals surface area contributed by atoms with Crippen molar-refractivity contribution in [1.29, 1.82) is 0 Å². The third kappa shape index (κ3) is 5.02. The summed E-state index contributed by atoms with van der Waals surface area (Å²) in [5, 5.41) is 2.93. The molecule has 1 nitrogen and oxygen atoms in total. The van der Waals surface area contributed by atoms with Crippen LogP contribution < -0.4 is 10.6 Å². The van der Waals surface area contributed by atoms with Gasteiger partial charge in [-0.3, -0.25) is 0 Å². The highest BCUT2D eigenvalue weighted by Gasteiger charge is 2.57. The Morgan fingerprint density at radius 2 is 0.921 bits per heavy atom. The fourth-order valence-electron chi connectivity index (χ4n) is 6.94. The lowest BCUT2D eigenvalue weighted by Crippen LogP contribution is -2.39. The molecule has 194 valence electrons. The average molecular weight is 536 g/mol. The van der Waals surface area contributed by atoms with Gasteiger partial charge in [0.2, 0.25) is 0 Å². The molecule has 6 rings (SSSR count). The van der Waals surface area contributed by atoms with Gasteiger partial charge in [0.25, 0.3) is 0 Å². The standard InChI is InChI=1S/C35H39NP2/c1-38(34(29-17-7-2-8-18-29)27-28-35(38)30-19-9-3-10-20-30)36(31-21-11-4-12-22-31)37(32-23-13-5-14-24-32)33-25-15-6-16-26-33/h2-3,5-10,13-20,23-26,31,34-35H,1,4,11-12,21-22,27-28H2/t34-,35-/m1/s1. The molecule has 0 N–H and O–H groups in total. The molecule has 0 amide bonds. The predicted molar refractivity (Wildman–Crippen MR) is 168 cm³/mol. The Bertz CT molecular complexity index is 1190. The van der Waals surface area contributed by atoms with Gasteiger partial charge in [0.15, 0.2) is 0 Å². The molecule has 0 aromatic heterocycles. The van der Waals surface area contributed by atoms with Crippen LogP contribution in [0.25, 0.3) is 0 Å². The second kappa shape index (κ2) is 11.8. The first-order valence-electron chi connectivity index (χ1n) is 14.3. The molecule has 0 spiro atoms. The van der Waals surface area contributed by atoms with Crippen molar-refractivity contribution in [3.8, 4) is 0 Å². The van der Waals surface area contributed by atoms with E-state index >= 15 is 0 Å². The number of nitrogens with zero attached hydrogens (tertiary/aromatic N) is 1. The lowest BCUT2D eigenvalue weighted by molar-refractivity contribution is 0.349. The van der Waals surface area contributed by atoms with Crippen LogP contribution in [0.15, 0.2) is 121 Å². The smallest absolute Gasteiger partial charge is 0.0845 e. The molecule has 1 heterocycles. The lowest BCUT2D eigenvalue weighted by Gasteiger charge is -2.53. The van der Waals surface area contributed by atoms with Gasteiger partial charge in [-0.1, -0.05) is 141 Å². The van der Waals surface area contributed by atoms with Crippen LogP contribution in [0.3, 0.4) is 0 Å². The Kier molecular flexibility index (Phi) is 8.08. The van der Waals surface area contributed by atoms with Gasteiger partial charge in [-0.2, -0.15) is 11.1 Å². The molecular weight excluding hydrogens is 496 g/mol. The summed E-state index contributed by atoms with van der Waals surface area (Å²) in [5.41, 5.74) is 3.97. The Labute approximate surface area is 231 Å². The number of hydrogen-bond acceptors (Lipinski definition) is 1. The fraction of sp³-hybridized carbons (Fsp3) is 0.286. The van der Waals surface area contributed by atoms with Crippen molar-refractivity contribution in [2.24, 2.45) is 0 Å². The van der Waals surface area contributed by atoms with Crippen molar-refractivity contribution in [2.45, 2.75) is 62.3 Å². The maximum Gasteiger partial charge on any atom is 0.0845 e. The summed E-state index contributed by atoms with van der Waals surface area (Å²) in [6, 6.07) is 46.1. The molecule has 4 aromatic rings. The third-order valence-corrected chi connectivity index (χ3v) is 16.9. The molecule has 0 bridgehead atoms. The van der Waals surface area contributed by atoms with E-state index in [2.05, 4.69) is 126 Å². The van der Waals surface area contributed by atoms with Gasteiger partial charge >= 0.3 is 0 Å². The van der Waals surface area contributed by atoms with E-state index in [-0.39, 0.29) is 0 Å². The van der Waals surface area contributed by atoms with Crippen LogP contribution in [0.5, 0.6) is 0 Å². The monoisotopic (exact) mass is 535 g/mol. The number of hydrogen-bond donors (Lipinski definition) is 0. The summed E-state index contributed by atoms with van der Waals surface area (Å²) in [4.78, 5) is 0. The largest absolute Gasteiger partial charge is 0.176 e. The SMILES string of the molecule is [CH2-][P+]1(N(C2CCCCC2)P(c2ccccc2)c2ccccc2)[C@@H](c2ccccc2)CC[C@@H]1c1ccccc1. The normalized spacial score (nSPS) is 21.7. The maximum atomic E-state index is 5.49. The van der Waals surface area contributed by atoms with Crippen molar-refractivity contribution in [3.63, 3.8) is 0 Å². The van der Waals surface area contributed by atoms with E-state index in [0.29, 0.717) is 17.4 Å². The van der Waals surface area contributed by atoms with E-state index in [1.807, 2.05) is 0 Å². The van der Waals surface area contributed by atoms with Crippen LogP contribution in [-0.4, -0.2) is 10.5 Å². The molecule has 38 heavy (non-hydrogen) atoms. The van der Waals surface area contributed by atoms with Crippen LogP contribution in [0.1, 0.15) is 67.4 Å². The van der Waals surface area contributed by atoms with Gasteiger partial charge in [0.1, 0.15) is 0 Å². The molecule has 1 saturated carbocycles. The van der Waals surface area contributed by atoms with E-state index in [1.54, 1.807) is 0 Å². The number of rotatable bonds is 7. The minimum atomic E-state index is -1.94. The van der Waals surface area contributed by atoms with Crippen molar-refractivity contribution in [3.05, 3.63) is 139 Å². The molecule has 1 aliphatic heterocycles. The van der Waals surface area contributed by atoms with Crippen LogP contribution in [0.4, 0.5) is 0 Å². The first-order valence-corrected chi connectivity index (χ1v) is 17.7. The molecule has 0 unspecified atom stereocenters. The van der Waals surface area contributed by atoms with Crippen LogP contribution >= 0.6 is 15.5 Å². The minimum Gasteiger partial charge on any atom is -0.176 e. The topological polar surface area (TPSA) is 3.24 Å². The summed E-state index contributed by atoms with van der Waals surface area (Å²) in [6.07, 6.45) is 9.05. The Balaban J connectivity index is 1.58. The van der Waals surface area contributed by atoms with Crippen molar-refractivity contribution in [1.82, 2.24) is 4.44 Å². The molecule has 3 heteroatoms. The molecular formula is C35H39NP2. The lowest BCUT2D eigenvalue weighted by atomic mass is 9.96. The highest BCUT2D eigenvalue weighted by molar-refractivity contribution is 7.87. The van der Waals surface area contributed by atoms with Gasteiger partial charge in [-0.05, 0) is 54.8 Å². The quantitative estimate of drug-likeness (QED) is 0.168. The molecule has 4 aromatic carbocycles. The van der Waals surface area contributed by atoms with E-state index in [1.165, 1.54) is 66.7 Å². The molecule has 1 aliphatic carbocycles. The first kappa shape index (κ1) is 26.0. The summed E-state index contributed by atoms with van der Waals surface area (Å²) in [7, 11) is -2.65. The van der Waals surface area contributed by atoms with Gasteiger partial charge in [0, 0.05) is 6.04 Å². The van der Waals surface area contributed by atoms with E-state index in [9.17, 15) is 0 Å². The van der Waals surface area contributed by atoms with Crippen LogP contribution in [0.2, 0.25) is 0 Å². The number of benzene rings is 4. The molecule has 0 radical (unpaired) electrons. The summed E-state index contributed by atoms with van der Waals surface area (Å²) in [5.74, 6) is 0. The average Bonchev–Trinajstić information content (AvgIpc) is 3.35. The Hall–Kier alpha value is -2.30. The van der Waals surface area contributed by atoms with Crippen molar-refractivity contribution >= 4 is 26.1 Å². The predicted octanol–water partition coefficient (Wildman–Crippen LogP) is 9.67. The van der Waals surface area contributed by atoms with Gasteiger partial charge < -0.3 is 0 Å². The third-order valence-electron chi connectivity index (χ3n) is 8.65. The highest BCUT2D eigenvalue weighted by atomic mass is 31.2. The molecule has 1 saturated heterocycles. The molecule has 2 atom stereocenters. The maximum absolute atomic E-state index is 5.49. The first-order chi connectivity index (χ1) is 18.8. The van der Waals surface area contributed by atoms with E-state index in [0.717, 1.165) is 0 Å².